The maximum Gasteiger partial charge on any atom is 0.319 e. The number of benzene rings is 1. The van der Waals surface area contributed by atoms with Crippen molar-refractivity contribution in [2.45, 2.75) is 13.3 Å². The first kappa shape index (κ1) is 16.1. The van der Waals surface area contributed by atoms with Gasteiger partial charge in [-0.25, -0.2) is 4.79 Å². The molecule has 19 heavy (non-hydrogen) atoms. The summed E-state index contributed by atoms with van der Waals surface area (Å²) in [6.07, 6.45) is 0.790. The highest BCUT2D eigenvalue weighted by Crippen LogP contribution is 2.19. The molecular formula is C13H19ClN2O2S. The lowest BCUT2D eigenvalue weighted by Gasteiger charge is -2.08. The maximum atomic E-state index is 11.6. The third-order valence-electron chi connectivity index (χ3n) is 2.41. The molecule has 0 aliphatic carbocycles. The third-order valence-corrected chi connectivity index (χ3v) is 3.89. The number of nitrogens with one attached hydrogen (secondary N) is 2. The standard InChI is InChI=1S/C13H19ClN2O2S/c1-10-3-4-11(9-12(10)14)16-13(18)15-5-8-19-7-2-6-17/h3-4,9,17H,2,5-8H2,1H3,(H2,15,16,18). The molecule has 0 atom stereocenters. The smallest absolute Gasteiger partial charge is 0.319 e. The molecule has 0 aliphatic heterocycles. The molecule has 0 saturated heterocycles. The fourth-order valence-electron chi connectivity index (χ4n) is 1.35. The van der Waals surface area contributed by atoms with Crippen LogP contribution >= 0.6 is 23.4 Å². The molecule has 0 heterocycles. The summed E-state index contributed by atoms with van der Waals surface area (Å²) < 4.78 is 0. The lowest BCUT2D eigenvalue weighted by Crippen LogP contribution is -2.30. The van der Waals surface area contributed by atoms with E-state index >= 15 is 0 Å². The molecule has 0 unspecified atom stereocenters. The van der Waals surface area contributed by atoms with E-state index in [1.165, 1.54) is 0 Å². The molecule has 1 aromatic carbocycles. The number of halogens is 1. The summed E-state index contributed by atoms with van der Waals surface area (Å²) in [5.41, 5.74) is 1.66. The predicted molar refractivity (Wildman–Crippen MR) is 82.2 cm³/mol. The van der Waals surface area contributed by atoms with Gasteiger partial charge in [-0.3, -0.25) is 0 Å². The van der Waals surface area contributed by atoms with Crippen molar-refractivity contribution < 1.29 is 9.90 Å². The van der Waals surface area contributed by atoms with Crippen LogP contribution < -0.4 is 10.6 Å². The Morgan fingerprint density at radius 1 is 1.42 bits per heavy atom. The van der Waals surface area contributed by atoms with Gasteiger partial charge in [-0.2, -0.15) is 11.8 Å². The Balaban J connectivity index is 2.21. The van der Waals surface area contributed by atoms with Gasteiger partial charge < -0.3 is 15.7 Å². The molecule has 0 fully saturated rings. The number of urea groups is 1. The van der Waals surface area contributed by atoms with E-state index in [-0.39, 0.29) is 12.6 Å². The lowest BCUT2D eigenvalue weighted by atomic mass is 10.2. The molecule has 0 bridgehead atoms. The van der Waals surface area contributed by atoms with Gasteiger partial charge in [-0.1, -0.05) is 17.7 Å². The predicted octanol–water partition coefficient (Wildman–Crippen LogP) is 2.89. The van der Waals surface area contributed by atoms with Crippen LogP contribution in [-0.2, 0) is 0 Å². The quantitative estimate of drug-likeness (QED) is 0.679. The van der Waals surface area contributed by atoms with E-state index in [0.717, 1.165) is 23.5 Å². The number of aryl methyl sites for hydroxylation is 1. The van der Waals surface area contributed by atoms with Crippen molar-refractivity contribution in [1.29, 1.82) is 0 Å². The molecule has 3 N–H and O–H groups in total. The molecule has 0 spiro atoms. The van der Waals surface area contributed by atoms with Crippen molar-refractivity contribution in [2.24, 2.45) is 0 Å². The number of aliphatic hydroxyl groups excluding tert-OH is 1. The van der Waals surface area contributed by atoms with Crippen LogP contribution in [0.5, 0.6) is 0 Å². The number of hydrogen-bond acceptors (Lipinski definition) is 3. The van der Waals surface area contributed by atoms with Gasteiger partial charge in [0.2, 0.25) is 0 Å². The van der Waals surface area contributed by atoms with Crippen LogP contribution in [0.15, 0.2) is 18.2 Å². The zero-order valence-electron chi connectivity index (χ0n) is 10.9. The van der Waals surface area contributed by atoms with Crippen molar-refractivity contribution >= 4 is 35.1 Å². The summed E-state index contributed by atoms with van der Waals surface area (Å²) in [5.74, 6) is 1.75. The minimum atomic E-state index is -0.234. The van der Waals surface area contributed by atoms with Crippen molar-refractivity contribution in [3.8, 4) is 0 Å². The largest absolute Gasteiger partial charge is 0.396 e. The van der Waals surface area contributed by atoms with Crippen LogP contribution in [0.4, 0.5) is 10.5 Å². The number of aliphatic hydroxyl groups is 1. The Bertz CT molecular complexity index is 416. The fraction of sp³-hybridized carbons (Fsp3) is 0.462. The highest BCUT2D eigenvalue weighted by Gasteiger charge is 2.02. The highest BCUT2D eigenvalue weighted by atomic mass is 35.5. The minimum Gasteiger partial charge on any atom is -0.396 e. The zero-order valence-corrected chi connectivity index (χ0v) is 12.5. The molecule has 1 rings (SSSR count). The number of hydrogen-bond donors (Lipinski definition) is 3. The topological polar surface area (TPSA) is 61.4 Å². The Morgan fingerprint density at radius 2 is 2.21 bits per heavy atom. The number of anilines is 1. The second-order valence-corrected chi connectivity index (χ2v) is 5.67. The second kappa shape index (κ2) is 9.07. The first-order valence-electron chi connectivity index (χ1n) is 6.13. The molecule has 2 amide bonds. The molecule has 0 aliphatic rings. The normalized spacial score (nSPS) is 10.3. The molecule has 106 valence electrons. The average Bonchev–Trinajstić information content (AvgIpc) is 2.38. The zero-order chi connectivity index (χ0) is 14.1. The van der Waals surface area contributed by atoms with E-state index in [9.17, 15) is 4.79 Å². The Morgan fingerprint density at radius 3 is 2.89 bits per heavy atom. The van der Waals surface area contributed by atoms with Gasteiger partial charge in [0.1, 0.15) is 0 Å². The highest BCUT2D eigenvalue weighted by molar-refractivity contribution is 7.99. The van der Waals surface area contributed by atoms with Gasteiger partial charge in [0, 0.05) is 29.6 Å². The molecule has 0 radical (unpaired) electrons. The van der Waals surface area contributed by atoms with E-state index in [0.29, 0.717) is 17.3 Å². The van der Waals surface area contributed by atoms with Crippen LogP contribution in [-0.4, -0.2) is 35.8 Å². The summed E-state index contributed by atoms with van der Waals surface area (Å²) in [7, 11) is 0. The van der Waals surface area contributed by atoms with Crippen molar-refractivity contribution in [3.63, 3.8) is 0 Å². The lowest BCUT2D eigenvalue weighted by molar-refractivity contribution is 0.252. The van der Waals surface area contributed by atoms with E-state index < -0.39 is 0 Å². The van der Waals surface area contributed by atoms with Gasteiger partial charge in [0.05, 0.1) is 0 Å². The second-order valence-electron chi connectivity index (χ2n) is 4.03. The third kappa shape index (κ3) is 6.71. The summed E-state index contributed by atoms with van der Waals surface area (Å²) >= 11 is 7.68. The Kier molecular flexibility index (Phi) is 7.70. The summed E-state index contributed by atoms with van der Waals surface area (Å²) in [5, 5.41) is 14.7. The van der Waals surface area contributed by atoms with Crippen LogP contribution in [0.1, 0.15) is 12.0 Å². The first-order valence-corrected chi connectivity index (χ1v) is 7.66. The van der Waals surface area contributed by atoms with Gasteiger partial charge >= 0.3 is 6.03 Å². The summed E-state index contributed by atoms with van der Waals surface area (Å²) in [6, 6.07) is 5.18. The summed E-state index contributed by atoms with van der Waals surface area (Å²) in [6.45, 7) is 2.73. The first-order chi connectivity index (χ1) is 9.13. The van der Waals surface area contributed by atoms with Gasteiger partial charge in [0.15, 0.2) is 0 Å². The van der Waals surface area contributed by atoms with Crippen molar-refractivity contribution in [3.05, 3.63) is 28.8 Å². The number of amides is 2. The molecule has 1 aromatic rings. The van der Waals surface area contributed by atoms with Gasteiger partial charge in [-0.05, 0) is 36.8 Å². The van der Waals surface area contributed by atoms with Crippen LogP contribution in [0, 0.1) is 6.92 Å². The van der Waals surface area contributed by atoms with E-state index in [1.54, 1.807) is 17.8 Å². The number of thioether (sulfide) groups is 1. The van der Waals surface area contributed by atoms with E-state index in [4.69, 9.17) is 16.7 Å². The minimum absolute atomic E-state index is 0.217. The van der Waals surface area contributed by atoms with Crippen LogP contribution in [0.2, 0.25) is 5.02 Å². The molecule has 0 aromatic heterocycles. The van der Waals surface area contributed by atoms with Gasteiger partial charge in [0.25, 0.3) is 0 Å². The molecule has 6 heteroatoms. The molecule has 0 saturated carbocycles. The fourth-order valence-corrected chi connectivity index (χ4v) is 2.32. The van der Waals surface area contributed by atoms with Crippen LogP contribution in [0.25, 0.3) is 0 Å². The Hall–Kier alpha value is -0.910. The SMILES string of the molecule is Cc1ccc(NC(=O)NCCSCCCO)cc1Cl. The van der Waals surface area contributed by atoms with Crippen molar-refractivity contribution in [2.75, 3.05) is 30.0 Å². The summed E-state index contributed by atoms with van der Waals surface area (Å²) in [4.78, 5) is 11.6. The van der Waals surface area contributed by atoms with Crippen LogP contribution in [0.3, 0.4) is 0 Å². The number of carbonyl (C=O) groups excluding carboxylic acids is 1. The maximum absolute atomic E-state index is 11.6. The average molecular weight is 303 g/mol. The van der Waals surface area contributed by atoms with E-state index in [1.807, 2.05) is 19.1 Å². The van der Waals surface area contributed by atoms with Crippen molar-refractivity contribution in [1.82, 2.24) is 5.32 Å². The van der Waals surface area contributed by atoms with E-state index in [2.05, 4.69) is 10.6 Å². The monoisotopic (exact) mass is 302 g/mol. The molecule has 4 nitrogen and oxygen atoms in total. The number of rotatable bonds is 7. The Labute approximate surface area is 122 Å². The van der Waals surface area contributed by atoms with Gasteiger partial charge in [-0.15, -0.1) is 0 Å². The number of carbonyl (C=O) groups is 1. The molecular weight excluding hydrogens is 284 g/mol.